The first-order valence-corrected chi connectivity index (χ1v) is 4.56. The second-order valence-electron chi connectivity index (χ2n) is 3.07. The van der Waals surface area contributed by atoms with Crippen LogP contribution in [0.5, 0.6) is 0 Å². The summed E-state index contributed by atoms with van der Waals surface area (Å²) < 4.78 is 0. The molecule has 3 nitrogen and oxygen atoms in total. The second kappa shape index (κ2) is 4.56. The van der Waals surface area contributed by atoms with Crippen LogP contribution in [0.4, 0.5) is 5.69 Å². The number of hydrogen-bond donors (Lipinski definition) is 0. The van der Waals surface area contributed by atoms with Crippen LogP contribution in [0.25, 0.3) is 0 Å². The van der Waals surface area contributed by atoms with E-state index in [0.717, 1.165) is 12.0 Å². The van der Waals surface area contributed by atoms with Gasteiger partial charge in [-0.1, -0.05) is 31.2 Å². The molecule has 1 rings (SSSR count). The van der Waals surface area contributed by atoms with E-state index in [9.17, 15) is 10.1 Å². The summed E-state index contributed by atoms with van der Waals surface area (Å²) in [5, 5.41) is 10.7. The number of nitrogens with zero attached hydrogens (tertiary/aromatic N) is 1. The standard InChI is InChI=1S/C11H13NO2/c1-3-9(4-2)10-7-5-6-8-11(10)12(13)14/h3,5-9H,1,4H2,2H3/t9-/m1/s1. The quantitative estimate of drug-likeness (QED) is 0.416. The van der Waals surface area contributed by atoms with Crippen molar-refractivity contribution in [3.8, 4) is 0 Å². The zero-order valence-corrected chi connectivity index (χ0v) is 8.14. The van der Waals surface area contributed by atoms with Crippen molar-refractivity contribution in [2.24, 2.45) is 0 Å². The Hall–Kier alpha value is -1.64. The van der Waals surface area contributed by atoms with Gasteiger partial charge in [0.05, 0.1) is 4.92 Å². The molecule has 0 aliphatic heterocycles. The fourth-order valence-corrected chi connectivity index (χ4v) is 1.48. The van der Waals surface area contributed by atoms with Crippen LogP contribution in [0.3, 0.4) is 0 Å². The molecule has 0 spiro atoms. The van der Waals surface area contributed by atoms with E-state index in [-0.39, 0.29) is 16.5 Å². The van der Waals surface area contributed by atoms with E-state index in [1.165, 1.54) is 6.07 Å². The Balaban J connectivity index is 3.18. The highest BCUT2D eigenvalue weighted by Gasteiger charge is 2.17. The van der Waals surface area contributed by atoms with E-state index in [1.807, 2.05) is 13.0 Å². The Morgan fingerprint density at radius 2 is 2.21 bits per heavy atom. The maximum Gasteiger partial charge on any atom is 0.273 e. The maximum absolute atomic E-state index is 10.7. The van der Waals surface area contributed by atoms with Crippen LogP contribution >= 0.6 is 0 Å². The van der Waals surface area contributed by atoms with Crippen LogP contribution in [0.15, 0.2) is 36.9 Å². The molecular formula is C11H13NO2. The minimum atomic E-state index is -0.346. The van der Waals surface area contributed by atoms with Gasteiger partial charge in [-0.15, -0.1) is 6.58 Å². The van der Waals surface area contributed by atoms with Crippen molar-refractivity contribution in [3.05, 3.63) is 52.6 Å². The predicted octanol–water partition coefficient (Wildman–Crippen LogP) is 3.27. The van der Waals surface area contributed by atoms with E-state index in [4.69, 9.17) is 0 Å². The lowest BCUT2D eigenvalue weighted by molar-refractivity contribution is -0.385. The smallest absolute Gasteiger partial charge is 0.258 e. The van der Waals surface area contributed by atoms with E-state index >= 15 is 0 Å². The number of rotatable bonds is 4. The summed E-state index contributed by atoms with van der Waals surface area (Å²) in [5.41, 5.74) is 0.925. The van der Waals surface area contributed by atoms with Crippen LogP contribution < -0.4 is 0 Å². The molecule has 0 radical (unpaired) electrons. The van der Waals surface area contributed by atoms with Crippen LogP contribution in [-0.2, 0) is 0 Å². The average molecular weight is 191 g/mol. The molecule has 1 atom stereocenters. The van der Waals surface area contributed by atoms with Gasteiger partial charge < -0.3 is 0 Å². The lowest BCUT2D eigenvalue weighted by atomic mass is 9.95. The van der Waals surface area contributed by atoms with Crippen molar-refractivity contribution in [2.45, 2.75) is 19.3 Å². The van der Waals surface area contributed by atoms with Crippen molar-refractivity contribution < 1.29 is 4.92 Å². The van der Waals surface area contributed by atoms with Crippen LogP contribution in [0.2, 0.25) is 0 Å². The van der Waals surface area contributed by atoms with Crippen molar-refractivity contribution in [3.63, 3.8) is 0 Å². The molecule has 1 aromatic carbocycles. The first-order chi connectivity index (χ1) is 6.70. The Morgan fingerprint density at radius 3 is 2.71 bits per heavy atom. The highest BCUT2D eigenvalue weighted by Crippen LogP contribution is 2.28. The third kappa shape index (κ3) is 1.99. The Bertz CT molecular complexity index is 347. The largest absolute Gasteiger partial charge is 0.273 e. The molecule has 0 fully saturated rings. The summed E-state index contributed by atoms with van der Waals surface area (Å²) in [6.45, 7) is 5.68. The summed E-state index contributed by atoms with van der Waals surface area (Å²) >= 11 is 0. The molecule has 0 bridgehead atoms. The van der Waals surface area contributed by atoms with Crippen LogP contribution in [-0.4, -0.2) is 4.92 Å². The molecule has 74 valence electrons. The lowest BCUT2D eigenvalue weighted by Gasteiger charge is -2.09. The molecule has 0 N–H and O–H groups in total. The molecule has 0 aliphatic rings. The summed E-state index contributed by atoms with van der Waals surface area (Å²) in [7, 11) is 0. The molecule has 0 amide bonds. The van der Waals surface area contributed by atoms with Gasteiger partial charge in [0.2, 0.25) is 0 Å². The van der Waals surface area contributed by atoms with Crippen molar-refractivity contribution in [2.75, 3.05) is 0 Å². The minimum Gasteiger partial charge on any atom is -0.258 e. The van der Waals surface area contributed by atoms with Gasteiger partial charge in [0.1, 0.15) is 0 Å². The second-order valence-corrected chi connectivity index (χ2v) is 3.07. The van der Waals surface area contributed by atoms with Gasteiger partial charge in [0.25, 0.3) is 5.69 Å². The normalized spacial score (nSPS) is 12.1. The number of para-hydroxylation sites is 1. The molecular weight excluding hydrogens is 178 g/mol. The highest BCUT2D eigenvalue weighted by atomic mass is 16.6. The molecule has 0 heterocycles. The fraction of sp³-hybridized carbons (Fsp3) is 0.273. The first kappa shape index (κ1) is 10.4. The zero-order chi connectivity index (χ0) is 10.6. The van der Waals surface area contributed by atoms with Crippen LogP contribution in [0, 0.1) is 10.1 Å². The Labute approximate surface area is 83.2 Å². The van der Waals surface area contributed by atoms with E-state index in [2.05, 4.69) is 6.58 Å². The topological polar surface area (TPSA) is 43.1 Å². The van der Waals surface area contributed by atoms with Crippen molar-refractivity contribution in [1.82, 2.24) is 0 Å². The zero-order valence-electron chi connectivity index (χ0n) is 8.14. The van der Waals surface area contributed by atoms with Crippen molar-refractivity contribution in [1.29, 1.82) is 0 Å². The molecule has 0 aromatic heterocycles. The van der Waals surface area contributed by atoms with Gasteiger partial charge in [0.15, 0.2) is 0 Å². The third-order valence-electron chi connectivity index (χ3n) is 2.26. The third-order valence-corrected chi connectivity index (χ3v) is 2.26. The average Bonchev–Trinajstić information content (AvgIpc) is 2.20. The molecule has 0 aliphatic carbocycles. The van der Waals surface area contributed by atoms with Gasteiger partial charge in [-0.3, -0.25) is 10.1 Å². The van der Waals surface area contributed by atoms with Gasteiger partial charge in [-0.25, -0.2) is 0 Å². The maximum atomic E-state index is 10.7. The number of hydrogen-bond acceptors (Lipinski definition) is 2. The Morgan fingerprint density at radius 1 is 1.57 bits per heavy atom. The monoisotopic (exact) mass is 191 g/mol. The van der Waals surface area contributed by atoms with Crippen molar-refractivity contribution >= 4 is 5.69 Å². The highest BCUT2D eigenvalue weighted by molar-refractivity contribution is 5.43. The summed E-state index contributed by atoms with van der Waals surface area (Å²) in [6, 6.07) is 6.81. The van der Waals surface area contributed by atoms with Gasteiger partial charge in [0, 0.05) is 17.5 Å². The number of nitro benzene ring substituents is 1. The number of nitro groups is 1. The lowest BCUT2D eigenvalue weighted by Crippen LogP contribution is -1.99. The van der Waals surface area contributed by atoms with E-state index in [1.54, 1.807) is 18.2 Å². The Kier molecular flexibility index (Phi) is 3.40. The van der Waals surface area contributed by atoms with Gasteiger partial charge in [-0.05, 0) is 6.42 Å². The fourth-order valence-electron chi connectivity index (χ4n) is 1.48. The van der Waals surface area contributed by atoms with Crippen LogP contribution in [0.1, 0.15) is 24.8 Å². The predicted molar refractivity (Wildman–Crippen MR) is 56.3 cm³/mol. The minimum absolute atomic E-state index is 0.0663. The first-order valence-electron chi connectivity index (χ1n) is 4.56. The number of allylic oxidation sites excluding steroid dienone is 1. The SMILES string of the molecule is C=C[C@H](CC)c1ccccc1[N+](=O)[O-]. The number of benzene rings is 1. The summed E-state index contributed by atoms with van der Waals surface area (Å²) in [6.07, 6.45) is 2.58. The van der Waals surface area contributed by atoms with E-state index < -0.39 is 0 Å². The molecule has 3 heteroatoms. The molecule has 0 unspecified atom stereocenters. The molecule has 1 aromatic rings. The van der Waals surface area contributed by atoms with E-state index in [0.29, 0.717) is 0 Å². The molecule has 0 saturated heterocycles. The van der Waals surface area contributed by atoms with Gasteiger partial charge in [-0.2, -0.15) is 0 Å². The van der Waals surface area contributed by atoms with Gasteiger partial charge >= 0.3 is 0 Å². The molecule has 0 saturated carbocycles. The summed E-state index contributed by atoms with van der Waals surface area (Å²) in [4.78, 5) is 10.4. The molecule has 14 heavy (non-hydrogen) atoms. The summed E-state index contributed by atoms with van der Waals surface area (Å²) in [5.74, 6) is 0.0663.